The summed E-state index contributed by atoms with van der Waals surface area (Å²) in [5.74, 6) is 7.06. The lowest BCUT2D eigenvalue weighted by Gasteiger charge is -2.22. The van der Waals surface area contributed by atoms with Crippen molar-refractivity contribution in [3.8, 4) is 0 Å². The van der Waals surface area contributed by atoms with Crippen molar-refractivity contribution in [2.45, 2.75) is 39.2 Å². The molecule has 0 spiro atoms. The molecule has 2 nitrogen and oxygen atoms in total. The van der Waals surface area contributed by atoms with Crippen molar-refractivity contribution in [1.29, 1.82) is 0 Å². The van der Waals surface area contributed by atoms with Gasteiger partial charge in [0.25, 0.3) is 0 Å². The zero-order valence-corrected chi connectivity index (χ0v) is 8.14. The minimum Gasteiger partial charge on any atom is -0.271 e. The van der Waals surface area contributed by atoms with Gasteiger partial charge in [-0.2, -0.15) is 0 Å². The van der Waals surface area contributed by atoms with E-state index in [2.05, 4.69) is 18.9 Å². The van der Waals surface area contributed by atoms with E-state index in [9.17, 15) is 0 Å². The van der Waals surface area contributed by atoms with Crippen LogP contribution in [0.5, 0.6) is 0 Å². The fraction of sp³-hybridized carbons (Fsp3) is 0.800. The topological polar surface area (TPSA) is 38.0 Å². The van der Waals surface area contributed by atoms with E-state index in [0.29, 0.717) is 12.0 Å². The second-order valence-electron chi connectivity index (χ2n) is 4.17. The van der Waals surface area contributed by atoms with Crippen LogP contribution in [0.25, 0.3) is 0 Å². The maximum absolute atomic E-state index is 5.49. The Labute approximate surface area is 75.2 Å². The van der Waals surface area contributed by atoms with Crippen LogP contribution in [0.4, 0.5) is 0 Å². The van der Waals surface area contributed by atoms with Gasteiger partial charge in [0.1, 0.15) is 0 Å². The molecule has 0 amide bonds. The fourth-order valence-electron chi connectivity index (χ4n) is 2.23. The lowest BCUT2D eigenvalue weighted by Crippen LogP contribution is -2.40. The molecule has 1 aliphatic carbocycles. The molecule has 3 unspecified atom stereocenters. The predicted molar refractivity (Wildman–Crippen MR) is 52.4 cm³/mol. The third-order valence-corrected chi connectivity index (χ3v) is 2.92. The lowest BCUT2D eigenvalue weighted by molar-refractivity contribution is 0.395. The van der Waals surface area contributed by atoms with Gasteiger partial charge in [-0.3, -0.25) is 11.3 Å². The molecule has 12 heavy (non-hydrogen) atoms. The van der Waals surface area contributed by atoms with Gasteiger partial charge in [0.05, 0.1) is 0 Å². The molecule has 0 heterocycles. The Balaban J connectivity index is 2.49. The summed E-state index contributed by atoms with van der Waals surface area (Å²) in [4.78, 5) is 0. The van der Waals surface area contributed by atoms with E-state index >= 15 is 0 Å². The van der Waals surface area contributed by atoms with E-state index in [0.717, 1.165) is 11.5 Å². The van der Waals surface area contributed by atoms with Crippen molar-refractivity contribution < 1.29 is 0 Å². The highest BCUT2D eigenvalue weighted by atomic mass is 15.2. The number of rotatable bonds is 3. The molecule has 0 aliphatic heterocycles. The summed E-state index contributed by atoms with van der Waals surface area (Å²) in [6, 6.07) is 0.329. The lowest BCUT2D eigenvalue weighted by atomic mass is 9.93. The number of nitrogens with two attached hydrogens (primary N) is 1. The molecule has 0 radical (unpaired) electrons. The van der Waals surface area contributed by atoms with E-state index in [1.165, 1.54) is 19.3 Å². The van der Waals surface area contributed by atoms with E-state index in [1.54, 1.807) is 0 Å². The standard InChI is InChI=1S/C10H20N2/c1-7(2)10(12-11)9-5-4-8(3)6-9/h8-10,12H,1,4-6,11H2,2-3H3. The first kappa shape index (κ1) is 9.75. The van der Waals surface area contributed by atoms with Gasteiger partial charge >= 0.3 is 0 Å². The van der Waals surface area contributed by atoms with Crippen LogP contribution in [0.1, 0.15) is 33.1 Å². The Kier molecular flexibility index (Phi) is 3.29. The third kappa shape index (κ3) is 2.08. The number of hydrazine groups is 1. The number of nitrogens with one attached hydrogen (secondary N) is 1. The highest BCUT2D eigenvalue weighted by molar-refractivity contribution is 5.04. The van der Waals surface area contributed by atoms with Gasteiger partial charge in [-0.15, -0.1) is 0 Å². The third-order valence-electron chi connectivity index (χ3n) is 2.92. The van der Waals surface area contributed by atoms with Crippen molar-refractivity contribution in [2.24, 2.45) is 17.7 Å². The number of hydrogen-bond acceptors (Lipinski definition) is 2. The van der Waals surface area contributed by atoms with Crippen LogP contribution < -0.4 is 11.3 Å². The molecule has 0 saturated heterocycles. The van der Waals surface area contributed by atoms with Crippen LogP contribution in [-0.2, 0) is 0 Å². The van der Waals surface area contributed by atoms with Crippen molar-refractivity contribution >= 4 is 0 Å². The van der Waals surface area contributed by atoms with Crippen LogP contribution >= 0.6 is 0 Å². The van der Waals surface area contributed by atoms with E-state index in [-0.39, 0.29) is 0 Å². The summed E-state index contributed by atoms with van der Waals surface area (Å²) in [6.45, 7) is 8.31. The molecule has 70 valence electrons. The Morgan fingerprint density at radius 1 is 1.58 bits per heavy atom. The first-order valence-corrected chi connectivity index (χ1v) is 4.76. The highest BCUT2D eigenvalue weighted by Crippen LogP contribution is 2.34. The molecule has 0 aromatic carbocycles. The molecule has 3 atom stereocenters. The van der Waals surface area contributed by atoms with Crippen LogP contribution in [-0.4, -0.2) is 6.04 Å². The monoisotopic (exact) mass is 168 g/mol. The summed E-state index contributed by atoms with van der Waals surface area (Å²) in [7, 11) is 0. The van der Waals surface area contributed by atoms with Gasteiger partial charge in [0, 0.05) is 6.04 Å². The first-order valence-electron chi connectivity index (χ1n) is 4.76. The molecule has 2 heteroatoms. The summed E-state index contributed by atoms with van der Waals surface area (Å²) < 4.78 is 0. The second kappa shape index (κ2) is 4.06. The normalized spacial score (nSPS) is 31.9. The molecule has 0 aromatic rings. The van der Waals surface area contributed by atoms with Crippen LogP contribution in [0, 0.1) is 11.8 Å². The van der Waals surface area contributed by atoms with Gasteiger partial charge in [-0.1, -0.05) is 25.5 Å². The van der Waals surface area contributed by atoms with E-state index in [1.807, 2.05) is 6.92 Å². The number of hydrogen-bond donors (Lipinski definition) is 2. The molecule has 0 bridgehead atoms. The zero-order valence-electron chi connectivity index (χ0n) is 8.14. The zero-order chi connectivity index (χ0) is 9.14. The molecular formula is C10H20N2. The fourth-order valence-corrected chi connectivity index (χ4v) is 2.23. The molecule has 1 rings (SSSR count). The van der Waals surface area contributed by atoms with Gasteiger partial charge in [-0.25, -0.2) is 0 Å². The van der Waals surface area contributed by atoms with Crippen molar-refractivity contribution in [1.82, 2.24) is 5.43 Å². The predicted octanol–water partition coefficient (Wildman–Crippen LogP) is 1.83. The first-order chi connectivity index (χ1) is 5.65. The maximum atomic E-state index is 5.49. The summed E-state index contributed by atoms with van der Waals surface area (Å²) in [6.07, 6.45) is 3.93. The van der Waals surface area contributed by atoms with E-state index < -0.39 is 0 Å². The van der Waals surface area contributed by atoms with Gasteiger partial charge in [-0.05, 0) is 31.6 Å². The molecule has 1 fully saturated rings. The summed E-state index contributed by atoms with van der Waals surface area (Å²) in [5, 5.41) is 0. The van der Waals surface area contributed by atoms with Crippen LogP contribution in [0.2, 0.25) is 0 Å². The summed E-state index contributed by atoms with van der Waals surface area (Å²) in [5.41, 5.74) is 4.03. The maximum Gasteiger partial charge on any atom is 0.0442 e. The van der Waals surface area contributed by atoms with Gasteiger partial charge in [0.2, 0.25) is 0 Å². The Bertz CT molecular complexity index is 165. The molecule has 1 aliphatic rings. The van der Waals surface area contributed by atoms with Crippen molar-refractivity contribution in [2.75, 3.05) is 0 Å². The van der Waals surface area contributed by atoms with Crippen molar-refractivity contribution in [3.05, 3.63) is 12.2 Å². The minimum absolute atomic E-state index is 0.329. The second-order valence-corrected chi connectivity index (χ2v) is 4.17. The van der Waals surface area contributed by atoms with E-state index in [4.69, 9.17) is 5.84 Å². The Morgan fingerprint density at radius 2 is 2.25 bits per heavy atom. The summed E-state index contributed by atoms with van der Waals surface area (Å²) >= 11 is 0. The highest BCUT2D eigenvalue weighted by Gasteiger charge is 2.28. The van der Waals surface area contributed by atoms with Crippen LogP contribution in [0.15, 0.2) is 12.2 Å². The average Bonchev–Trinajstić information content (AvgIpc) is 2.37. The molecule has 3 N–H and O–H groups in total. The molecular weight excluding hydrogens is 148 g/mol. The van der Waals surface area contributed by atoms with Gasteiger partial charge in [0.15, 0.2) is 0 Å². The minimum atomic E-state index is 0.329. The SMILES string of the molecule is C=C(C)C(NN)C1CCC(C)C1. The molecule has 0 aromatic heterocycles. The van der Waals surface area contributed by atoms with Gasteiger partial charge < -0.3 is 0 Å². The average molecular weight is 168 g/mol. The Morgan fingerprint density at radius 3 is 2.58 bits per heavy atom. The smallest absolute Gasteiger partial charge is 0.0442 e. The van der Waals surface area contributed by atoms with Crippen LogP contribution in [0.3, 0.4) is 0 Å². The molecule has 1 saturated carbocycles. The van der Waals surface area contributed by atoms with Crippen molar-refractivity contribution in [3.63, 3.8) is 0 Å². The largest absolute Gasteiger partial charge is 0.271 e. The quantitative estimate of drug-likeness (QED) is 0.383. The Hall–Kier alpha value is -0.340.